The molecule has 0 spiro atoms. The van der Waals surface area contributed by atoms with Crippen molar-refractivity contribution in [1.29, 1.82) is 5.26 Å². The molecule has 0 bridgehead atoms. The number of nitrogens with zero attached hydrogens (tertiary/aromatic N) is 2. The van der Waals surface area contributed by atoms with Crippen LogP contribution in [0.25, 0.3) is 10.8 Å². The maximum absolute atomic E-state index is 8.89. The van der Waals surface area contributed by atoms with E-state index in [1.807, 2.05) is 12.1 Å². The first kappa shape index (κ1) is 8.52. The molecule has 1 aromatic carbocycles. The highest BCUT2D eigenvalue weighted by atomic mass is 16.5. The SMILES string of the molecule is COc1cc2c(C#N)cccc2cn1. The standard InChI is InChI=1S/C11H8N2O/c1-14-11-5-10-8(6-12)3-2-4-9(10)7-13-11/h2-5,7H,1H3. The summed E-state index contributed by atoms with van der Waals surface area (Å²) in [6, 6.07) is 9.45. The van der Waals surface area contributed by atoms with E-state index >= 15 is 0 Å². The van der Waals surface area contributed by atoms with Crippen LogP contribution in [-0.4, -0.2) is 12.1 Å². The summed E-state index contributed by atoms with van der Waals surface area (Å²) in [4.78, 5) is 4.07. The molecular weight excluding hydrogens is 176 g/mol. The fourth-order valence-electron chi connectivity index (χ4n) is 1.36. The van der Waals surface area contributed by atoms with Crippen molar-refractivity contribution < 1.29 is 4.74 Å². The second kappa shape index (κ2) is 3.35. The molecule has 0 radical (unpaired) electrons. The Bertz CT molecular complexity index is 514. The first-order valence-corrected chi connectivity index (χ1v) is 4.18. The molecule has 0 unspecified atom stereocenters. The van der Waals surface area contributed by atoms with Crippen molar-refractivity contribution in [3.63, 3.8) is 0 Å². The third-order valence-electron chi connectivity index (χ3n) is 2.07. The van der Waals surface area contributed by atoms with Crippen LogP contribution in [-0.2, 0) is 0 Å². The first-order chi connectivity index (χ1) is 6.85. The average molecular weight is 184 g/mol. The zero-order valence-corrected chi connectivity index (χ0v) is 7.69. The van der Waals surface area contributed by atoms with Crippen LogP contribution in [0, 0.1) is 11.3 Å². The van der Waals surface area contributed by atoms with Gasteiger partial charge in [0.1, 0.15) is 0 Å². The van der Waals surface area contributed by atoms with Crippen LogP contribution in [0.2, 0.25) is 0 Å². The molecule has 2 rings (SSSR count). The van der Waals surface area contributed by atoms with Gasteiger partial charge < -0.3 is 4.74 Å². The van der Waals surface area contributed by atoms with E-state index in [4.69, 9.17) is 10.00 Å². The number of methoxy groups -OCH3 is 1. The molecule has 68 valence electrons. The molecule has 0 amide bonds. The summed E-state index contributed by atoms with van der Waals surface area (Å²) in [5, 5.41) is 10.7. The third kappa shape index (κ3) is 1.27. The largest absolute Gasteiger partial charge is 0.481 e. The van der Waals surface area contributed by atoms with Crippen molar-refractivity contribution in [2.45, 2.75) is 0 Å². The van der Waals surface area contributed by atoms with Crippen LogP contribution < -0.4 is 4.74 Å². The summed E-state index contributed by atoms with van der Waals surface area (Å²) in [5.74, 6) is 0.528. The molecule has 0 N–H and O–H groups in total. The number of ether oxygens (including phenoxy) is 1. The van der Waals surface area contributed by atoms with E-state index in [1.165, 1.54) is 0 Å². The van der Waals surface area contributed by atoms with E-state index in [0.717, 1.165) is 10.8 Å². The van der Waals surface area contributed by atoms with E-state index in [0.29, 0.717) is 11.4 Å². The number of fused-ring (bicyclic) bond motifs is 1. The molecule has 14 heavy (non-hydrogen) atoms. The maximum atomic E-state index is 8.89. The predicted octanol–water partition coefficient (Wildman–Crippen LogP) is 2.12. The summed E-state index contributed by atoms with van der Waals surface area (Å²) < 4.78 is 5.00. The lowest BCUT2D eigenvalue weighted by Gasteiger charge is -2.02. The number of nitriles is 1. The van der Waals surface area contributed by atoms with E-state index in [2.05, 4.69) is 11.1 Å². The van der Waals surface area contributed by atoms with Gasteiger partial charge in [-0.05, 0) is 6.07 Å². The smallest absolute Gasteiger partial charge is 0.213 e. The number of hydrogen-bond acceptors (Lipinski definition) is 3. The van der Waals surface area contributed by atoms with Crippen molar-refractivity contribution in [2.24, 2.45) is 0 Å². The Morgan fingerprint density at radius 1 is 1.43 bits per heavy atom. The maximum Gasteiger partial charge on any atom is 0.213 e. The topological polar surface area (TPSA) is 45.9 Å². The lowest BCUT2D eigenvalue weighted by molar-refractivity contribution is 0.399. The number of aromatic nitrogens is 1. The van der Waals surface area contributed by atoms with Crippen molar-refractivity contribution in [3.8, 4) is 11.9 Å². The van der Waals surface area contributed by atoms with Gasteiger partial charge in [-0.25, -0.2) is 4.98 Å². The molecule has 0 saturated carbocycles. The molecule has 2 aromatic rings. The summed E-state index contributed by atoms with van der Waals surface area (Å²) in [6.07, 6.45) is 1.70. The first-order valence-electron chi connectivity index (χ1n) is 4.18. The van der Waals surface area contributed by atoms with Gasteiger partial charge in [-0.1, -0.05) is 12.1 Å². The highest BCUT2D eigenvalue weighted by Gasteiger charge is 2.01. The lowest BCUT2D eigenvalue weighted by Crippen LogP contribution is -1.88. The van der Waals surface area contributed by atoms with Gasteiger partial charge in [0.25, 0.3) is 0 Å². The van der Waals surface area contributed by atoms with Crippen LogP contribution in [0.5, 0.6) is 5.88 Å². The fraction of sp³-hybridized carbons (Fsp3) is 0.0909. The minimum Gasteiger partial charge on any atom is -0.481 e. The summed E-state index contributed by atoms with van der Waals surface area (Å²) in [7, 11) is 1.56. The van der Waals surface area contributed by atoms with E-state index < -0.39 is 0 Å². The molecule has 1 aromatic heterocycles. The number of pyridine rings is 1. The second-order valence-corrected chi connectivity index (χ2v) is 2.87. The molecule has 0 atom stereocenters. The zero-order valence-electron chi connectivity index (χ0n) is 7.69. The van der Waals surface area contributed by atoms with Crippen LogP contribution in [0.1, 0.15) is 5.56 Å². The Morgan fingerprint density at radius 2 is 2.29 bits per heavy atom. The third-order valence-corrected chi connectivity index (χ3v) is 2.07. The van der Waals surface area contributed by atoms with E-state index in [-0.39, 0.29) is 0 Å². The van der Waals surface area contributed by atoms with Crippen molar-refractivity contribution in [2.75, 3.05) is 7.11 Å². The Morgan fingerprint density at radius 3 is 3.00 bits per heavy atom. The van der Waals surface area contributed by atoms with Gasteiger partial charge in [0.2, 0.25) is 5.88 Å². The Labute approximate surface area is 81.6 Å². The van der Waals surface area contributed by atoms with Crippen LogP contribution in [0.3, 0.4) is 0 Å². The van der Waals surface area contributed by atoms with Crippen LogP contribution in [0.15, 0.2) is 30.5 Å². The quantitative estimate of drug-likeness (QED) is 0.681. The monoisotopic (exact) mass is 184 g/mol. The molecule has 3 heteroatoms. The van der Waals surface area contributed by atoms with Gasteiger partial charge in [0, 0.05) is 23.0 Å². The van der Waals surface area contributed by atoms with Gasteiger partial charge in [-0.3, -0.25) is 0 Å². The number of benzene rings is 1. The van der Waals surface area contributed by atoms with E-state index in [9.17, 15) is 0 Å². The molecule has 0 aliphatic heterocycles. The van der Waals surface area contributed by atoms with Crippen molar-refractivity contribution in [1.82, 2.24) is 4.98 Å². The molecule has 3 nitrogen and oxygen atoms in total. The molecule has 1 heterocycles. The Kier molecular flexibility index (Phi) is 2.04. The summed E-state index contributed by atoms with van der Waals surface area (Å²) >= 11 is 0. The average Bonchev–Trinajstić information content (AvgIpc) is 2.27. The minimum atomic E-state index is 0.528. The van der Waals surface area contributed by atoms with Gasteiger partial charge in [0.15, 0.2) is 0 Å². The molecular formula is C11H8N2O. The van der Waals surface area contributed by atoms with Crippen molar-refractivity contribution >= 4 is 10.8 Å². The summed E-state index contributed by atoms with van der Waals surface area (Å²) in [5.41, 5.74) is 0.642. The highest BCUT2D eigenvalue weighted by molar-refractivity contribution is 5.87. The zero-order chi connectivity index (χ0) is 9.97. The Hall–Kier alpha value is -2.08. The van der Waals surface area contributed by atoms with Crippen molar-refractivity contribution in [3.05, 3.63) is 36.0 Å². The highest BCUT2D eigenvalue weighted by Crippen LogP contribution is 2.20. The van der Waals surface area contributed by atoms with E-state index in [1.54, 1.807) is 25.4 Å². The fourth-order valence-corrected chi connectivity index (χ4v) is 1.36. The van der Waals surface area contributed by atoms with Crippen LogP contribution >= 0.6 is 0 Å². The summed E-state index contributed by atoms with van der Waals surface area (Å²) in [6.45, 7) is 0. The molecule has 0 aliphatic carbocycles. The van der Waals surface area contributed by atoms with Gasteiger partial charge in [-0.15, -0.1) is 0 Å². The molecule has 0 fully saturated rings. The number of rotatable bonds is 1. The van der Waals surface area contributed by atoms with Gasteiger partial charge >= 0.3 is 0 Å². The lowest BCUT2D eigenvalue weighted by atomic mass is 10.1. The predicted molar refractivity (Wildman–Crippen MR) is 53.0 cm³/mol. The van der Waals surface area contributed by atoms with Gasteiger partial charge in [-0.2, -0.15) is 5.26 Å². The molecule has 0 aliphatic rings. The van der Waals surface area contributed by atoms with Crippen LogP contribution in [0.4, 0.5) is 0 Å². The Balaban J connectivity index is 2.78. The second-order valence-electron chi connectivity index (χ2n) is 2.87. The number of hydrogen-bond donors (Lipinski definition) is 0. The molecule has 0 saturated heterocycles. The minimum absolute atomic E-state index is 0.528. The normalized spacial score (nSPS) is 9.71. The van der Waals surface area contributed by atoms with Gasteiger partial charge in [0.05, 0.1) is 18.7 Å².